The summed E-state index contributed by atoms with van der Waals surface area (Å²) in [6.07, 6.45) is 2.36. The molecule has 1 aliphatic rings. The Bertz CT molecular complexity index is 57.5. The van der Waals surface area contributed by atoms with E-state index in [1.165, 1.54) is 0 Å². The van der Waals surface area contributed by atoms with Crippen LogP contribution < -0.4 is 5.32 Å². The molecule has 48 valence electrons. The number of alkyl halides is 1. The van der Waals surface area contributed by atoms with Gasteiger partial charge in [0, 0.05) is 6.54 Å². The van der Waals surface area contributed by atoms with Crippen LogP contribution in [0.15, 0.2) is 0 Å². The molecule has 0 aromatic heterocycles. The number of halogens is 1. The largest absolute Gasteiger partial charge is 0.314 e. The quantitative estimate of drug-likeness (QED) is 0.501. The molecule has 1 fully saturated rings. The van der Waals surface area contributed by atoms with Crippen LogP contribution in [0, 0.1) is 0 Å². The van der Waals surface area contributed by atoms with Gasteiger partial charge in [-0.05, 0) is 25.8 Å². The predicted octanol–water partition coefficient (Wildman–Crippen LogP) is 1.10. The molecule has 0 radical (unpaired) electrons. The second-order valence-electron chi connectivity index (χ2n) is 2.30. The monoisotopic (exact) mass is 117 g/mol. The van der Waals surface area contributed by atoms with Crippen molar-refractivity contribution >= 4 is 0 Å². The third-order valence-corrected chi connectivity index (χ3v) is 1.49. The van der Waals surface area contributed by atoms with Crippen LogP contribution in [-0.2, 0) is 0 Å². The molecule has 1 aliphatic heterocycles. The van der Waals surface area contributed by atoms with Gasteiger partial charge in [-0.15, -0.1) is 0 Å². The fraction of sp³-hybridized carbons (Fsp3) is 1.00. The summed E-state index contributed by atoms with van der Waals surface area (Å²) >= 11 is 0. The van der Waals surface area contributed by atoms with E-state index in [2.05, 4.69) is 5.32 Å². The van der Waals surface area contributed by atoms with Crippen molar-refractivity contribution in [1.29, 1.82) is 0 Å². The van der Waals surface area contributed by atoms with Crippen molar-refractivity contribution in [3.05, 3.63) is 0 Å². The molecule has 1 N–H and O–H groups in total. The van der Waals surface area contributed by atoms with Crippen LogP contribution in [0.5, 0.6) is 0 Å². The first-order valence-electron chi connectivity index (χ1n) is 3.24. The molecular weight excluding hydrogens is 105 g/mol. The average molecular weight is 117 g/mol. The van der Waals surface area contributed by atoms with E-state index >= 15 is 0 Å². The first-order chi connectivity index (χ1) is 3.89. The number of hydrogen-bond donors (Lipinski definition) is 1. The molecule has 1 saturated heterocycles. The van der Waals surface area contributed by atoms with E-state index in [4.69, 9.17) is 0 Å². The van der Waals surface area contributed by atoms with Gasteiger partial charge in [-0.3, -0.25) is 0 Å². The molecule has 1 unspecified atom stereocenters. The molecule has 8 heavy (non-hydrogen) atoms. The topological polar surface area (TPSA) is 12.0 Å². The van der Waals surface area contributed by atoms with Crippen molar-refractivity contribution in [3.63, 3.8) is 0 Å². The van der Waals surface area contributed by atoms with Crippen molar-refractivity contribution in [2.75, 3.05) is 13.1 Å². The van der Waals surface area contributed by atoms with Gasteiger partial charge in [-0.25, -0.2) is 4.39 Å². The third kappa shape index (κ3) is 1.78. The lowest BCUT2D eigenvalue weighted by molar-refractivity contribution is 0.314. The van der Waals surface area contributed by atoms with E-state index in [1.54, 1.807) is 0 Å². The fourth-order valence-electron chi connectivity index (χ4n) is 0.977. The van der Waals surface area contributed by atoms with Gasteiger partial charge in [0.15, 0.2) is 0 Å². The molecule has 1 heterocycles. The minimum absolute atomic E-state index is 0.569. The molecule has 0 bridgehead atoms. The second-order valence-corrected chi connectivity index (χ2v) is 2.30. The summed E-state index contributed by atoms with van der Waals surface area (Å²) in [6.45, 7) is 1.57. The Labute approximate surface area is 49.3 Å². The molecule has 2 heteroatoms. The van der Waals surface area contributed by atoms with Gasteiger partial charge in [0.1, 0.15) is 6.17 Å². The highest BCUT2D eigenvalue weighted by Gasteiger charge is 2.07. The fourth-order valence-corrected chi connectivity index (χ4v) is 0.977. The third-order valence-electron chi connectivity index (χ3n) is 1.49. The first kappa shape index (κ1) is 6.02. The van der Waals surface area contributed by atoms with Crippen LogP contribution in [0.1, 0.15) is 19.3 Å². The Hall–Kier alpha value is -0.110. The summed E-state index contributed by atoms with van der Waals surface area (Å²) in [5, 5.41) is 3.02. The van der Waals surface area contributed by atoms with E-state index in [0.717, 1.165) is 25.8 Å². The standard InChI is InChI=1S/C6H12FN/c7-6-3-1-2-4-8-5-6/h6,8H,1-5H2. The molecule has 0 spiro atoms. The highest BCUT2D eigenvalue weighted by atomic mass is 19.1. The molecule has 1 rings (SSSR count). The van der Waals surface area contributed by atoms with Crippen LogP contribution in [-0.4, -0.2) is 19.3 Å². The Morgan fingerprint density at radius 3 is 3.12 bits per heavy atom. The van der Waals surface area contributed by atoms with E-state index < -0.39 is 6.17 Å². The van der Waals surface area contributed by atoms with Crippen LogP contribution >= 0.6 is 0 Å². The molecule has 0 amide bonds. The predicted molar refractivity (Wildman–Crippen MR) is 31.6 cm³/mol. The summed E-state index contributed by atoms with van der Waals surface area (Å²) in [4.78, 5) is 0. The number of hydrogen-bond acceptors (Lipinski definition) is 1. The second kappa shape index (κ2) is 3.02. The van der Waals surface area contributed by atoms with Gasteiger partial charge in [-0.1, -0.05) is 0 Å². The Kier molecular flexibility index (Phi) is 2.27. The summed E-state index contributed by atoms with van der Waals surface area (Å²) < 4.78 is 12.4. The highest BCUT2D eigenvalue weighted by molar-refractivity contribution is 4.64. The van der Waals surface area contributed by atoms with Crippen molar-refractivity contribution < 1.29 is 4.39 Å². The van der Waals surface area contributed by atoms with E-state index in [9.17, 15) is 4.39 Å². The van der Waals surface area contributed by atoms with Gasteiger partial charge in [-0.2, -0.15) is 0 Å². The molecule has 0 aromatic rings. The van der Waals surface area contributed by atoms with Crippen LogP contribution in [0.4, 0.5) is 4.39 Å². The molecule has 0 aliphatic carbocycles. The van der Waals surface area contributed by atoms with E-state index in [-0.39, 0.29) is 0 Å². The van der Waals surface area contributed by atoms with Crippen LogP contribution in [0.25, 0.3) is 0 Å². The van der Waals surface area contributed by atoms with Crippen molar-refractivity contribution in [2.24, 2.45) is 0 Å². The van der Waals surface area contributed by atoms with Crippen LogP contribution in [0.3, 0.4) is 0 Å². The molecular formula is C6H12FN. The van der Waals surface area contributed by atoms with Crippen molar-refractivity contribution in [2.45, 2.75) is 25.4 Å². The first-order valence-corrected chi connectivity index (χ1v) is 3.24. The molecule has 0 saturated carbocycles. The SMILES string of the molecule is FC1CCCCNC1. The summed E-state index contributed by atoms with van der Waals surface area (Å²) in [5.41, 5.74) is 0. The van der Waals surface area contributed by atoms with Crippen LogP contribution in [0.2, 0.25) is 0 Å². The summed E-state index contributed by atoms with van der Waals surface area (Å²) in [7, 11) is 0. The van der Waals surface area contributed by atoms with Gasteiger partial charge < -0.3 is 5.32 Å². The van der Waals surface area contributed by atoms with E-state index in [1.807, 2.05) is 0 Å². The lowest BCUT2D eigenvalue weighted by Crippen LogP contribution is -2.20. The summed E-state index contributed by atoms with van der Waals surface area (Å²) in [6, 6.07) is 0. The van der Waals surface area contributed by atoms with Gasteiger partial charge in [0.2, 0.25) is 0 Å². The van der Waals surface area contributed by atoms with Crippen molar-refractivity contribution in [1.82, 2.24) is 5.32 Å². The smallest absolute Gasteiger partial charge is 0.112 e. The minimum Gasteiger partial charge on any atom is -0.314 e. The molecule has 1 atom stereocenters. The van der Waals surface area contributed by atoms with Gasteiger partial charge in [0.05, 0.1) is 0 Å². The molecule has 0 aromatic carbocycles. The zero-order chi connectivity index (χ0) is 5.82. The normalized spacial score (nSPS) is 31.9. The maximum absolute atomic E-state index is 12.4. The lowest BCUT2D eigenvalue weighted by atomic mass is 10.2. The number of nitrogens with one attached hydrogen (secondary N) is 1. The number of rotatable bonds is 0. The highest BCUT2D eigenvalue weighted by Crippen LogP contribution is 2.06. The lowest BCUT2D eigenvalue weighted by Gasteiger charge is -1.99. The Morgan fingerprint density at radius 1 is 1.38 bits per heavy atom. The average Bonchev–Trinajstić information content (AvgIpc) is 1.94. The maximum Gasteiger partial charge on any atom is 0.112 e. The zero-order valence-corrected chi connectivity index (χ0v) is 4.99. The Balaban J connectivity index is 2.17. The molecule has 1 nitrogen and oxygen atoms in total. The van der Waals surface area contributed by atoms with Gasteiger partial charge in [0.25, 0.3) is 0 Å². The maximum atomic E-state index is 12.4. The van der Waals surface area contributed by atoms with Gasteiger partial charge >= 0.3 is 0 Å². The van der Waals surface area contributed by atoms with Crippen molar-refractivity contribution in [3.8, 4) is 0 Å². The minimum atomic E-state index is -0.586. The van der Waals surface area contributed by atoms with E-state index in [0.29, 0.717) is 6.54 Å². The Morgan fingerprint density at radius 2 is 2.25 bits per heavy atom. The summed E-state index contributed by atoms with van der Waals surface area (Å²) in [5.74, 6) is 0. The zero-order valence-electron chi connectivity index (χ0n) is 4.99.